The Morgan fingerprint density at radius 1 is 1.11 bits per heavy atom. The lowest BCUT2D eigenvalue weighted by Crippen LogP contribution is -2.24. The molecule has 0 fully saturated rings. The maximum atomic E-state index is 4.47. The van der Waals surface area contributed by atoms with Crippen molar-refractivity contribution in [1.29, 1.82) is 0 Å². The summed E-state index contributed by atoms with van der Waals surface area (Å²) in [6, 6.07) is 8.32. The summed E-state index contributed by atoms with van der Waals surface area (Å²) in [5, 5.41) is 6.04. The van der Waals surface area contributed by atoms with Crippen LogP contribution >= 0.6 is 11.5 Å². The van der Waals surface area contributed by atoms with Crippen LogP contribution in [0.3, 0.4) is 0 Å². The number of hydrogen-bond donors (Lipinski definition) is 1. The van der Waals surface area contributed by atoms with Crippen molar-refractivity contribution in [1.82, 2.24) is 4.37 Å². The SMILES string of the molecule is CC(C)C(CNc1snc2ccccc12)C(C)C. The van der Waals surface area contributed by atoms with E-state index in [2.05, 4.69) is 55.6 Å². The quantitative estimate of drug-likeness (QED) is 0.849. The molecular formula is C15H22N2S. The van der Waals surface area contributed by atoms with Gasteiger partial charge >= 0.3 is 0 Å². The van der Waals surface area contributed by atoms with Gasteiger partial charge in [-0.1, -0.05) is 39.8 Å². The largest absolute Gasteiger partial charge is 0.375 e. The second-order valence-corrected chi connectivity index (χ2v) is 6.34. The van der Waals surface area contributed by atoms with E-state index in [9.17, 15) is 0 Å². The Kier molecular flexibility index (Phi) is 4.23. The summed E-state index contributed by atoms with van der Waals surface area (Å²) in [5.74, 6) is 2.11. The first-order chi connectivity index (χ1) is 8.59. The molecule has 1 aromatic carbocycles. The highest BCUT2D eigenvalue weighted by atomic mass is 32.1. The number of nitrogens with one attached hydrogen (secondary N) is 1. The first-order valence-corrected chi connectivity index (χ1v) is 7.45. The van der Waals surface area contributed by atoms with Gasteiger partial charge in [-0.2, -0.15) is 4.37 Å². The molecular weight excluding hydrogens is 240 g/mol. The van der Waals surface area contributed by atoms with Crippen molar-refractivity contribution >= 4 is 27.4 Å². The topological polar surface area (TPSA) is 24.9 Å². The van der Waals surface area contributed by atoms with Gasteiger partial charge in [-0.05, 0) is 41.4 Å². The summed E-state index contributed by atoms with van der Waals surface area (Å²) in [5.41, 5.74) is 1.09. The number of anilines is 1. The van der Waals surface area contributed by atoms with Gasteiger partial charge < -0.3 is 5.32 Å². The van der Waals surface area contributed by atoms with Gasteiger partial charge in [0.05, 0.1) is 5.52 Å². The lowest BCUT2D eigenvalue weighted by Gasteiger charge is -2.25. The number of nitrogens with zero attached hydrogens (tertiary/aromatic N) is 1. The highest BCUT2D eigenvalue weighted by Gasteiger charge is 2.17. The Hall–Kier alpha value is -1.09. The van der Waals surface area contributed by atoms with E-state index in [4.69, 9.17) is 0 Å². The van der Waals surface area contributed by atoms with E-state index in [0.717, 1.165) is 12.1 Å². The van der Waals surface area contributed by atoms with Gasteiger partial charge in [0.15, 0.2) is 0 Å². The van der Waals surface area contributed by atoms with Gasteiger partial charge in [-0.15, -0.1) is 0 Å². The van der Waals surface area contributed by atoms with Gasteiger partial charge in [0, 0.05) is 11.9 Å². The smallest absolute Gasteiger partial charge is 0.117 e. The third-order valence-corrected chi connectivity index (χ3v) is 4.43. The maximum absolute atomic E-state index is 4.47. The number of fused-ring (bicyclic) bond motifs is 1. The summed E-state index contributed by atoms with van der Waals surface area (Å²) in [4.78, 5) is 0. The van der Waals surface area contributed by atoms with Crippen LogP contribution in [0.5, 0.6) is 0 Å². The molecule has 0 radical (unpaired) electrons. The summed E-state index contributed by atoms with van der Waals surface area (Å²) >= 11 is 1.57. The molecule has 0 spiro atoms. The molecule has 0 unspecified atom stereocenters. The molecule has 1 aromatic heterocycles. The van der Waals surface area contributed by atoms with Crippen LogP contribution in [0.4, 0.5) is 5.00 Å². The van der Waals surface area contributed by atoms with E-state index in [1.807, 2.05) is 6.07 Å². The summed E-state index contributed by atoms with van der Waals surface area (Å²) in [6.45, 7) is 10.2. The monoisotopic (exact) mass is 262 g/mol. The minimum absolute atomic E-state index is 0.700. The highest BCUT2D eigenvalue weighted by Crippen LogP contribution is 2.29. The molecule has 0 saturated heterocycles. The molecule has 2 nitrogen and oxygen atoms in total. The van der Waals surface area contributed by atoms with Crippen LogP contribution in [0.2, 0.25) is 0 Å². The van der Waals surface area contributed by atoms with Crippen LogP contribution in [-0.2, 0) is 0 Å². The molecule has 0 bridgehead atoms. The van der Waals surface area contributed by atoms with Crippen molar-refractivity contribution in [2.24, 2.45) is 17.8 Å². The van der Waals surface area contributed by atoms with E-state index < -0.39 is 0 Å². The van der Waals surface area contributed by atoms with Crippen molar-refractivity contribution in [3.8, 4) is 0 Å². The Morgan fingerprint density at radius 3 is 2.44 bits per heavy atom. The second-order valence-electron chi connectivity index (χ2n) is 5.56. The van der Waals surface area contributed by atoms with Crippen molar-refractivity contribution < 1.29 is 0 Å². The van der Waals surface area contributed by atoms with Gasteiger partial charge in [0.1, 0.15) is 5.00 Å². The van der Waals surface area contributed by atoms with E-state index in [0.29, 0.717) is 17.8 Å². The zero-order valence-electron chi connectivity index (χ0n) is 11.6. The van der Waals surface area contributed by atoms with Crippen molar-refractivity contribution in [3.05, 3.63) is 24.3 Å². The predicted octanol–water partition coefficient (Wildman–Crippen LogP) is 4.64. The Bertz CT molecular complexity index is 494. The van der Waals surface area contributed by atoms with Crippen LogP contribution in [0.25, 0.3) is 10.9 Å². The summed E-state index contributed by atoms with van der Waals surface area (Å²) in [7, 11) is 0. The van der Waals surface area contributed by atoms with E-state index in [1.165, 1.54) is 10.4 Å². The zero-order chi connectivity index (χ0) is 13.1. The molecule has 0 aliphatic carbocycles. The first kappa shape index (κ1) is 13.3. The number of rotatable bonds is 5. The first-order valence-electron chi connectivity index (χ1n) is 6.68. The standard InChI is InChI=1S/C15H22N2S/c1-10(2)13(11(3)4)9-16-15-12-7-5-6-8-14(12)17-18-15/h5-8,10-11,13,16H,9H2,1-4H3. The second kappa shape index (κ2) is 5.70. The fourth-order valence-electron chi connectivity index (χ4n) is 2.47. The molecule has 0 aliphatic rings. The summed E-state index contributed by atoms with van der Waals surface area (Å²) < 4.78 is 4.47. The maximum Gasteiger partial charge on any atom is 0.117 e. The van der Waals surface area contributed by atoms with Crippen LogP contribution in [0.15, 0.2) is 24.3 Å². The molecule has 3 heteroatoms. The minimum Gasteiger partial charge on any atom is -0.375 e. The lowest BCUT2D eigenvalue weighted by atomic mass is 9.85. The van der Waals surface area contributed by atoms with E-state index in [1.54, 1.807) is 11.5 Å². The van der Waals surface area contributed by atoms with Crippen LogP contribution < -0.4 is 5.32 Å². The number of benzene rings is 1. The highest BCUT2D eigenvalue weighted by molar-refractivity contribution is 7.11. The molecule has 0 aliphatic heterocycles. The van der Waals surface area contributed by atoms with Gasteiger partial charge in [-0.25, -0.2) is 0 Å². The van der Waals surface area contributed by atoms with Crippen LogP contribution in [0.1, 0.15) is 27.7 Å². The van der Waals surface area contributed by atoms with Crippen molar-refractivity contribution in [3.63, 3.8) is 0 Å². The Balaban J connectivity index is 2.10. The molecule has 1 heterocycles. The van der Waals surface area contributed by atoms with Crippen LogP contribution in [-0.4, -0.2) is 10.9 Å². The zero-order valence-corrected chi connectivity index (χ0v) is 12.4. The van der Waals surface area contributed by atoms with Gasteiger partial charge in [0.25, 0.3) is 0 Å². The van der Waals surface area contributed by atoms with Crippen molar-refractivity contribution in [2.45, 2.75) is 27.7 Å². The van der Waals surface area contributed by atoms with Crippen molar-refractivity contribution in [2.75, 3.05) is 11.9 Å². The normalized spacial score (nSPS) is 11.9. The predicted molar refractivity (Wildman–Crippen MR) is 81.3 cm³/mol. The molecule has 98 valence electrons. The third-order valence-electron chi connectivity index (χ3n) is 3.59. The number of hydrogen-bond acceptors (Lipinski definition) is 3. The fourth-order valence-corrected chi connectivity index (χ4v) is 3.24. The van der Waals surface area contributed by atoms with Gasteiger partial charge in [0.2, 0.25) is 0 Å². The van der Waals surface area contributed by atoms with E-state index in [-0.39, 0.29) is 0 Å². The van der Waals surface area contributed by atoms with Gasteiger partial charge in [-0.3, -0.25) is 0 Å². The molecule has 18 heavy (non-hydrogen) atoms. The van der Waals surface area contributed by atoms with Crippen LogP contribution in [0, 0.1) is 17.8 Å². The lowest BCUT2D eigenvalue weighted by molar-refractivity contribution is 0.304. The minimum atomic E-state index is 0.700. The molecule has 1 N–H and O–H groups in total. The molecule has 2 aromatic rings. The fraction of sp³-hybridized carbons (Fsp3) is 0.533. The Morgan fingerprint density at radius 2 is 1.78 bits per heavy atom. The third kappa shape index (κ3) is 2.83. The molecule has 0 atom stereocenters. The molecule has 0 saturated carbocycles. The number of aromatic nitrogens is 1. The molecule has 2 rings (SSSR count). The Labute approximate surface area is 114 Å². The average molecular weight is 262 g/mol. The summed E-state index contributed by atoms with van der Waals surface area (Å²) in [6.07, 6.45) is 0. The van der Waals surface area contributed by atoms with E-state index >= 15 is 0 Å². The average Bonchev–Trinajstić information content (AvgIpc) is 2.72. The molecule has 0 amide bonds.